The number of hydrogen-bond donors (Lipinski definition) is 8. The van der Waals surface area contributed by atoms with Crippen molar-refractivity contribution in [2.75, 3.05) is 34.3 Å². The second-order valence-corrected chi connectivity index (χ2v) is 27.0. The Bertz CT molecular complexity index is 2980. The first-order valence-corrected chi connectivity index (χ1v) is 33.5. The molecule has 0 aliphatic carbocycles. The quantitative estimate of drug-likeness (QED) is 0.0381. The third kappa shape index (κ3) is 22.9. The molecule has 3 fully saturated rings. The maximum Gasteiger partial charge on any atom is 0.329 e. The number of amides is 9. The second kappa shape index (κ2) is 37.5. The molecule has 3 heterocycles. The third-order valence-corrected chi connectivity index (χ3v) is 18.1. The SMILES string of the molecule is CC[C@H](C)[C@@H]1NC(=O)[C@@H](NC(=O)[C@@H](CC(C)C)N(C)C(=O)[C@@H]2CCCN2C(=O)[C@H](C)OC(=O)[C@H](CCC(N)=O)NC(=O)CC[C@H](N)C(=O)O)[C@@H](C)OC(=O)[C@H](Cc2ccc(OC)cc2)N(C)C(=O)[C@@H]2CCCN2C(=O)[C@H](CC(C)C)NC(=O)[C@@H](C)C(=O)[C@H](C(C)C)OC(=O)C[C@@H]1O. The third-order valence-electron chi connectivity index (χ3n) is 18.1. The molecular weight excluding hydrogens is 1260 g/mol. The van der Waals surface area contributed by atoms with Gasteiger partial charge in [0.05, 0.1) is 31.6 Å². The van der Waals surface area contributed by atoms with Gasteiger partial charge in [-0.3, -0.25) is 57.5 Å². The molecule has 0 bridgehead atoms. The Morgan fingerprint density at radius 3 is 2.05 bits per heavy atom. The molecule has 10 N–H and O–H groups in total. The lowest BCUT2D eigenvalue weighted by molar-refractivity contribution is -0.163. The molecule has 30 nitrogen and oxygen atoms in total. The number of carboxylic acid groups (broad SMARTS) is 1. The van der Waals surface area contributed by atoms with E-state index in [-0.39, 0.29) is 76.3 Å². The average Bonchev–Trinajstić information content (AvgIpc) is 1.73. The van der Waals surface area contributed by atoms with Crippen LogP contribution in [-0.2, 0) is 87.8 Å². The predicted molar refractivity (Wildman–Crippen MR) is 349 cm³/mol. The predicted octanol–water partition coefficient (Wildman–Crippen LogP) is 0.810. The zero-order valence-electron chi connectivity index (χ0n) is 58.5. The molecule has 97 heavy (non-hydrogen) atoms. The molecule has 3 saturated heterocycles. The van der Waals surface area contributed by atoms with Gasteiger partial charge in [0.1, 0.15) is 60.2 Å². The Hall–Kier alpha value is -8.28. The number of benzene rings is 1. The van der Waals surface area contributed by atoms with Gasteiger partial charge in [-0.25, -0.2) is 9.59 Å². The zero-order valence-corrected chi connectivity index (χ0v) is 58.5. The van der Waals surface area contributed by atoms with E-state index in [0.29, 0.717) is 24.2 Å². The van der Waals surface area contributed by atoms with E-state index in [1.807, 2.05) is 13.8 Å². The van der Waals surface area contributed by atoms with Gasteiger partial charge in [0, 0.05) is 46.4 Å². The number of rotatable bonds is 25. The van der Waals surface area contributed by atoms with E-state index in [2.05, 4.69) is 21.3 Å². The molecule has 0 aromatic heterocycles. The topological polar surface area (TPSA) is 429 Å². The molecule has 3 aliphatic rings. The van der Waals surface area contributed by atoms with Crippen LogP contribution in [0.3, 0.4) is 0 Å². The fraction of sp³-hybridized carbons (Fsp3) is 0.701. The number of ether oxygens (including phenoxy) is 4. The Morgan fingerprint density at radius 2 is 1.47 bits per heavy atom. The number of nitrogens with two attached hydrogens (primary N) is 2. The van der Waals surface area contributed by atoms with E-state index in [1.54, 1.807) is 65.8 Å². The van der Waals surface area contributed by atoms with Crippen LogP contribution in [0, 0.1) is 29.6 Å². The van der Waals surface area contributed by atoms with Gasteiger partial charge < -0.3 is 81.5 Å². The highest BCUT2D eigenvalue weighted by Crippen LogP contribution is 2.28. The van der Waals surface area contributed by atoms with Crippen LogP contribution in [0.15, 0.2) is 24.3 Å². The van der Waals surface area contributed by atoms with Crippen molar-refractivity contribution in [1.82, 2.24) is 40.9 Å². The van der Waals surface area contributed by atoms with Crippen LogP contribution in [0.1, 0.15) is 159 Å². The number of methoxy groups -OCH3 is 1. The molecule has 9 amide bonds. The van der Waals surface area contributed by atoms with Crippen LogP contribution in [-0.4, -0.2) is 226 Å². The molecule has 0 saturated carbocycles. The van der Waals surface area contributed by atoms with Crippen LogP contribution in [0.4, 0.5) is 0 Å². The number of hydrogen-bond acceptors (Lipinski definition) is 20. The number of aliphatic hydroxyl groups is 1. The molecule has 542 valence electrons. The van der Waals surface area contributed by atoms with Crippen molar-refractivity contribution in [1.29, 1.82) is 0 Å². The van der Waals surface area contributed by atoms with E-state index >= 15 is 19.2 Å². The van der Waals surface area contributed by atoms with Gasteiger partial charge in [0.25, 0.3) is 5.91 Å². The summed E-state index contributed by atoms with van der Waals surface area (Å²) in [6.45, 7) is 17.7. The summed E-state index contributed by atoms with van der Waals surface area (Å²) in [4.78, 5) is 201. The number of carboxylic acids is 1. The Balaban J connectivity index is 1.81. The highest BCUT2D eigenvalue weighted by molar-refractivity contribution is 6.05. The fourth-order valence-electron chi connectivity index (χ4n) is 12.0. The number of carbonyl (C=O) groups is 14. The lowest BCUT2D eigenvalue weighted by Crippen LogP contribution is -2.62. The van der Waals surface area contributed by atoms with Crippen molar-refractivity contribution >= 4 is 82.8 Å². The number of fused-ring (bicyclic) bond motifs is 1. The summed E-state index contributed by atoms with van der Waals surface area (Å²) >= 11 is 0. The molecule has 1 aromatic rings. The van der Waals surface area contributed by atoms with Crippen LogP contribution >= 0.6 is 0 Å². The standard InChI is InChI=1S/C67H104N10O20/c1-15-37(8)54-50(78)33-53(81)97-57(36(6)7)56(82)38(9)58(83)71-45(30-34(2)3)62(87)77-29-17-19-47(77)64(89)75(13)49(32-41-20-22-42(94-14)23-21-41)67(93)95-39(10)55(60(85)72-54)73-59(84)48(31-35(4)5)74(12)63(88)46-18-16-28-76(46)61(86)40(11)96-66(92)44(25-26-51(69)79)70-52(80)27-24-43(68)65(90)91/h20-23,34-40,43-50,54-55,57,78H,15-19,24-33,68H2,1-14H3,(H2,69,79)(H,70,80)(H,71,83)(H,72,85)(H,73,84)(H,90,91)/t37-,38-,39+,40-,43-,44-,45-,46-,47-,48+,49-,50-,54-,55-,57-/m0/s1. The minimum absolute atomic E-state index is 0.00604. The number of aliphatic carboxylic acids is 1. The highest BCUT2D eigenvalue weighted by Gasteiger charge is 2.47. The highest BCUT2D eigenvalue weighted by atomic mass is 16.6. The van der Waals surface area contributed by atoms with Crippen LogP contribution < -0.4 is 37.5 Å². The summed E-state index contributed by atoms with van der Waals surface area (Å²) in [6, 6.07) is -6.00. The van der Waals surface area contributed by atoms with Crippen molar-refractivity contribution in [3.8, 4) is 5.75 Å². The fourth-order valence-corrected chi connectivity index (χ4v) is 12.0. The Morgan fingerprint density at radius 1 is 0.835 bits per heavy atom. The maximum absolute atomic E-state index is 15.2. The number of nitrogens with one attached hydrogen (secondary N) is 4. The lowest BCUT2D eigenvalue weighted by Gasteiger charge is -2.36. The Kier molecular flexibility index (Phi) is 31.3. The number of cyclic esters (lactones) is 2. The van der Waals surface area contributed by atoms with Crippen molar-refractivity contribution < 1.29 is 96.3 Å². The summed E-state index contributed by atoms with van der Waals surface area (Å²) in [5, 5.41) is 31.7. The zero-order chi connectivity index (χ0) is 73.0. The number of likely N-dealkylation sites (N-methyl/N-ethyl adjacent to an activating group) is 2. The second-order valence-electron chi connectivity index (χ2n) is 27.0. The lowest BCUT2D eigenvalue weighted by atomic mass is 9.91. The normalized spacial score (nSPS) is 25.2. The number of primary amides is 1. The van der Waals surface area contributed by atoms with Gasteiger partial charge in [-0.2, -0.15) is 0 Å². The first-order chi connectivity index (χ1) is 45.4. The first-order valence-electron chi connectivity index (χ1n) is 33.5. The Labute approximate surface area is 567 Å². The summed E-state index contributed by atoms with van der Waals surface area (Å²) < 4.78 is 22.8. The van der Waals surface area contributed by atoms with Crippen LogP contribution in [0.25, 0.3) is 0 Å². The van der Waals surface area contributed by atoms with Gasteiger partial charge in [0.2, 0.25) is 47.3 Å². The van der Waals surface area contributed by atoms with Crippen molar-refractivity contribution in [3.63, 3.8) is 0 Å². The van der Waals surface area contributed by atoms with Crippen LogP contribution in [0.2, 0.25) is 0 Å². The minimum Gasteiger partial charge on any atom is -0.497 e. The van der Waals surface area contributed by atoms with E-state index in [4.69, 9.17) is 35.5 Å². The summed E-state index contributed by atoms with van der Waals surface area (Å²) in [5.74, 6) is -15.6. The number of ketones is 1. The largest absolute Gasteiger partial charge is 0.497 e. The van der Waals surface area contributed by atoms with E-state index in [0.717, 1.165) is 9.80 Å². The van der Waals surface area contributed by atoms with Gasteiger partial charge in [-0.1, -0.05) is 73.9 Å². The van der Waals surface area contributed by atoms with Gasteiger partial charge in [-0.15, -0.1) is 0 Å². The molecule has 15 atom stereocenters. The van der Waals surface area contributed by atoms with Crippen LogP contribution in [0.5, 0.6) is 5.75 Å². The molecule has 4 rings (SSSR count). The molecular formula is C67H104N10O20. The molecule has 3 aliphatic heterocycles. The maximum atomic E-state index is 15.2. The average molecular weight is 1370 g/mol. The summed E-state index contributed by atoms with van der Waals surface area (Å²) in [7, 11) is 4.14. The molecule has 0 unspecified atom stereocenters. The van der Waals surface area contributed by atoms with Gasteiger partial charge >= 0.3 is 23.9 Å². The van der Waals surface area contributed by atoms with Crippen molar-refractivity contribution in [2.24, 2.45) is 41.1 Å². The molecule has 0 spiro atoms. The number of carbonyl (C=O) groups excluding carboxylic acids is 13. The first kappa shape index (κ1) is 81.2. The number of nitrogens with zero attached hydrogens (tertiary/aromatic N) is 4. The number of esters is 3. The molecule has 30 heteroatoms. The number of Topliss-reactive ketones (excluding diaryl/α,β-unsaturated/α-hetero) is 1. The molecule has 1 aromatic carbocycles. The monoisotopic (exact) mass is 1370 g/mol. The minimum atomic E-state index is -1.88. The van der Waals surface area contributed by atoms with E-state index < -0.39 is 199 Å². The van der Waals surface area contributed by atoms with E-state index in [9.17, 15) is 53.1 Å². The number of aliphatic hydroxyl groups excluding tert-OH is 1. The summed E-state index contributed by atoms with van der Waals surface area (Å²) in [6.07, 6.45) is -7.70. The van der Waals surface area contributed by atoms with Gasteiger partial charge in [-0.05, 0) is 114 Å². The molecule has 0 radical (unpaired) electrons. The van der Waals surface area contributed by atoms with E-state index in [1.165, 1.54) is 51.8 Å². The van der Waals surface area contributed by atoms with Gasteiger partial charge in [0.15, 0.2) is 18.0 Å². The smallest absolute Gasteiger partial charge is 0.329 e. The van der Waals surface area contributed by atoms with Crippen molar-refractivity contribution in [3.05, 3.63) is 29.8 Å². The number of likely N-dealkylation sites (tertiary alicyclic amines) is 1. The summed E-state index contributed by atoms with van der Waals surface area (Å²) in [5.41, 5.74) is 11.4. The van der Waals surface area contributed by atoms with Crippen molar-refractivity contribution in [2.45, 2.75) is 238 Å².